The highest BCUT2D eigenvalue weighted by molar-refractivity contribution is 5.42. The minimum absolute atomic E-state index is 0.0409. The van der Waals surface area contributed by atoms with Crippen molar-refractivity contribution in [3.8, 4) is 11.5 Å². The van der Waals surface area contributed by atoms with Gasteiger partial charge in [0.15, 0.2) is 0 Å². The van der Waals surface area contributed by atoms with Gasteiger partial charge in [-0.1, -0.05) is 12.2 Å². The van der Waals surface area contributed by atoms with E-state index in [1.54, 1.807) is 12.2 Å². The van der Waals surface area contributed by atoms with Crippen LogP contribution in [0.5, 0.6) is 11.5 Å². The van der Waals surface area contributed by atoms with Crippen molar-refractivity contribution in [3.63, 3.8) is 0 Å². The molecule has 0 unspecified atom stereocenters. The van der Waals surface area contributed by atoms with Crippen molar-refractivity contribution in [3.05, 3.63) is 49.1 Å². The van der Waals surface area contributed by atoms with Gasteiger partial charge >= 0.3 is 0 Å². The number of hydrogen-bond donors (Lipinski definition) is 3. The van der Waals surface area contributed by atoms with E-state index < -0.39 is 5.60 Å². The molecule has 0 aliphatic heterocycles. The summed E-state index contributed by atoms with van der Waals surface area (Å²) < 4.78 is 0. The Balaban J connectivity index is 3.19. The van der Waals surface area contributed by atoms with Crippen LogP contribution in [0.2, 0.25) is 0 Å². The van der Waals surface area contributed by atoms with Crippen molar-refractivity contribution >= 4 is 0 Å². The van der Waals surface area contributed by atoms with Gasteiger partial charge in [0.2, 0.25) is 0 Å². The summed E-state index contributed by atoms with van der Waals surface area (Å²) in [6.45, 7) is 7.15. The van der Waals surface area contributed by atoms with Gasteiger partial charge in [-0.05, 0) is 25.0 Å². The highest BCUT2D eigenvalue weighted by Crippen LogP contribution is 2.37. The van der Waals surface area contributed by atoms with Crippen LogP contribution in [0.3, 0.4) is 0 Å². The highest BCUT2D eigenvalue weighted by Gasteiger charge is 2.29. The second kappa shape index (κ2) is 4.86. The number of benzene rings is 1. The Morgan fingerprint density at radius 3 is 2.12 bits per heavy atom. The van der Waals surface area contributed by atoms with Gasteiger partial charge in [-0.3, -0.25) is 0 Å². The van der Waals surface area contributed by atoms with Gasteiger partial charge in [0, 0.05) is 11.6 Å². The first-order valence-corrected chi connectivity index (χ1v) is 5.00. The molecule has 0 aliphatic rings. The SMILES string of the molecule is C=CCC(O)(CC=C)c1ccc(O)cc1O. The van der Waals surface area contributed by atoms with Crippen molar-refractivity contribution in [2.45, 2.75) is 18.4 Å². The molecule has 3 heteroatoms. The molecule has 0 amide bonds. The van der Waals surface area contributed by atoms with Crippen LogP contribution in [0.4, 0.5) is 0 Å². The second-order valence-corrected chi connectivity index (χ2v) is 3.72. The molecule has 1 rings (SSSR count). The topological polar surface area (TPSA) is 60.7 Å². The Hall–Kier alpha value is -1.74. The molecule has 0 saturated heterocycles. The molecule has 0 heterocycles. The number of hydrogen-bond acceptors (Lipinski definition) is 3. The van der Waals surface area contributed by atoms with Gasteiger partial charge in [-0.25, -0.2) is 0 Å². The lowest BCUT2D eigenvalue weighted by Crippen LogP contribution is -2.24. The molecule has 0 saturated carbocycles. The minimum Gasteiger partial charge on any atom is -0.508 e. The fraction of sp³-hybridized carbons (Fsp3) is 0.231. The maximum absolute atomic E-state index is 10.4. The molecule has 3 nitrogen and oxygen atoms in total. The van der Waals surface area contributed by atoms with E-state index in [4.69, 9.17) is 0 Å². The normalized spacial score (nSPS) is 11.1. The smallest absolute Gasteiger partial charge is 0.125 e. The van der Waals surface area contributed by atoms with E-state index >= 15 is 0 Å². The van der Waals surface area contributed by atoms with E-state index in [9.17, 15) is 15.3 Å². The first-order valence-electron chi connectivity index (χ1n) is 5.00. The largest absolute Gasteiger partial charge is 0.508 e. The van der Waals surface area contributed by atoms with E-state index in [0.717, 1.165) is 0 Å². The third-order valence-corrected chi connectivity index (χ3v) is 2.45. The maximum Gasteiger partial charge on any atom is 0.125 e. The van der Waals surface area contributed by atoms with Crippen LogP contribution in [0.15, 0.2) is 43.5 Å². The summed E-state index contributed by atoms with van der Waals surface area (Å²) in [6, 6.07) is 4.12. The lowest BCUT2D eigenvalue weighted by molar-refractivity contribution is 0.0405. The summed E-state index contributed by atoms with van der Waals surface area (Å²) in [6.07, 6.45) is 3.76. The molecule has 0 radical (unpaired) electrons. The van der Waals surface area contributed by atoms with E-state index in [0.29, 0.717) is 18.4 Å². The zero-order chi connectivity index (χ0) is 12.2. The fourth-order valence-electron chi connectivity index (χ4n) is 1.69. The Morgan fingerprint density at radius 2 is 1.69 bits per heavy atom. The second-order valence-electron chi connectivity index (χ2n) is 3.72. The van der Waals surface area contributed by atoms with Crippen molar-refractivity contribution in [1.82, 2.24) is 0 Å². The molecule has 3 N–H and O–H groups in total. The van der Waals surface area contributed by atoms with E-state index in [1.807, 2.05) is 0 Å². The first kappa shape index (κ1) is 12.3. The van der Waals surface area contributed by atoms with Crippen molar-refractivity contribution in [1.29, 1.82) is 0 Å². The van der Waals surface area contributed by atoms with Gasteiger partial charge in [0.1, 0.15) is 11.5 Å². The molecule has 0 aromatic heterocycles. The van der Waals surface area contributed by atoms with Crippen molar-refractivity contribution in [2.24, 2.45) is 0 Å². The first-order chi connectivity index (χ1) is 7.53. The Kier molecular flexibility index (Phi) is 3.74. The summed E-state index contributed by atoms with van der Waals surface area (Å²) >= 11 is 0. The number of aliphatic hydroxyl groups is 1. The molecule has 0 spiro atoms. The zero-order valence-corrected chi connectivity index (χ0v) is 9.06. The molecule has 86 valence electrons. The summed E-state index contributed by atoms with van der Waals surface area (Å²) in [5.41, 5.74) is -0.855. The lowest BCUT2D eigenvalue weighted by atomic mass is 9.86. The third-order valence-electron chi connectivity index (χ3n) is 2.45. The van der Waals surface area contributed by atoms with Crippen molar-refractivity contribution in [2.75, 3.05) is 0 Å². The number of phenolic OH excluding ortho intramolecular Hbond substituents is 2. The van der Waals surface area contributed by atoms with Gasteiger partial charge in [-0.2, -0.15) is 0 Å². The minimum atomic E-state index is -1.22. The van der Waals surface area contributed by atoms with E-state index in [2.05, 4.69) is 13.2 Å². The Morgan fingerprint density at radius 1 is 1.12 bits per heavy atom. The van der Waals surface area contributed by atoms with Gasteiger partial charge in [0.05, 0.1) is 5.60 Å². The Labute approximate surface area is 95.0 Å². The predicted molar refractivity (Wildman–Crippen MR) is 63.3 cm³/mol. The quantitative estimate of drug-likeness (QED) is 0.668. The predicted octanol–water partition coefficient (Wildman–Crippen LogP) is 2.44. The molecule has 0 aliphatic carbocycles. The van der Waals surface area contributed by atoms with Crippen LogP contribution >= 0.6 is 0 Å². The molecule has 16 heavy (non-hydrogen) atoms. The summed E-state index contributed by atoms with van der Waals surface area (Å²) in [5.74, 6) is -0.174. The average molecular weight is 220 g/mol. The molecule has 0 bridgehead atoms. The fourth-order valence-corrected chi connectivity index (χ4v) is 1.69. The van der Waals surface area contributed by atoms with Crippen LogP contribution < -0.4 is 0 Å². The number of phenols is 2. The van der Waals surface area contributed by atoms with Crippen LogP contribution in [0.1, 0.15) is 18.4 Å². The molecule has 1 aromatic carbocycles. The zero-order valence-electron chi connectivity index (χ0n) is 9.06. The van der Waals surface area contributed by atoms with Crippen molar-refractivity contribution < 1.29 is 15.3 Å². The molecular weight excluding hydrogens is 204 g/mol. The highest BCUT2D eigenvalue weighted by atomic mass is 16.3. The number of aromatic hydroxyl groups is 2. The molecular formula is C13H16O3. The summed E-state index contributed by atoms with van der Waals surface area (Å²) in [4.78, 5) is 0. The van der Waals surface area contributed by atoms with Crippen LogP contribution in [0.25, 0.3) is 0 Å². The van der Waals surface area contributed by atoms with Crippen LogP contribution in [0, 0.1) is 0 Å². The van der Waals surface area contributed by atoms with E-state index in [1.165, 1.54) is 18.2 Å². The lowest BCUT2D eigenvalue weighted by Gasteiger charge is -2.27. The summed E-state index contributed by atoms with van der Waals surface area (Å²) in [5, 5.41) is 29.2. The van der Waals surface area contributed by atoms with Gasteiger partial charge in [-0.15, -0.1) is 13.2 Å². The van der Waals surface area contributed by atoms with Crippen LogP contribution in [-0.4, -0.2) is 15.3 Å². The summed E-state index contributed by atoms with van der Waals surface area (Å²) in [7, 11) is 0. The average Bonchev–Trinajstić information content (AvgIpc) is 2.17. The monoisotopic (exact) mass is 220 g/mol. The molecule has 0 atom stereocenters. The molecule has 0 fully saturated rings. The van der Waals surface area contributed by atoms with Gasteiger partial charge in [0.25, 0.3) is 0 Å². The standard InChI is InChI=1S/C13H16O3/c1-3-7-13(16,8-4-2)11-6-5-10(14)9-12(11)15/h3-6,9,14-16H,1-2,7-8H2. The van der Waals surface area contributed by atoms with Gasteiger partial charge < -0.3 is 15.3 Å². The Bertz CT molecular complexity index is 386. The third kappa shape index (κ3) is 2.44. The van der Waals surface area contributed by atoms with E-state index in [-0.39, 0.29) is 11.5 Å². The number of rotatable bonds is 5. The molecule has 1 aromatic rings. The van der Waals surface area contributed by atoms with Crippen LogP contribution in [-0.2, 0) is 5.60 Å². The maximum atomic E-state index is 10.4.